The summed E-state index contributed by atoms with van der Waals surface area (Å²) in [5, 5.41) is 2.45. The van der Waals surface area contributed by atoms with Crippen molar-refractivity contribution in [3.05, 3.63) is 247 Å². The van der Waals surface area contributed by atoms with E-state index in [4.69, 9.17) is 0 Å². The van der Waals surface area contributed by atoms with E-state index in [2.05, 4.69) is 229 Å². The Hall–Kier alpha value is -6.96. The molecule has 0 fully saturated rings. The van der Waals surface area contributed by atoms with E-state index < -0.39 is 5.41 Å². The molecule has 0 bridgehead atoms. The van der Waals surface area contributed by atoms with Gasteiger partial charge in [0.2, 0.25) is 0 Å². The van der Waals surface area contributed by atoms with Gasteiger partial charge in [0.25, 0.3) is 0 Å². The molecule has 0 saturated heterocycles. The van der Waals surface area contributed by atoms with E-state index >= 15 is 0 Å². The molecule has 0 N–H and O–H groups in total. The van der Waals surface area contributed by atoms with Crippen molar-refractivity contribution in [3.8, 4) is 33.4 Å². The molecule has 9 aromatic rings. The van der Waals surface area contributed by atoms with E-state index in [1.165, 1.54) is 66.4 Å². The normalized spacial score (nSPS) is 12.6. The van der Waals surface area contributed by atoms with Gasteiger partial charge in [0.1, 0.15) is 0 Å². The third-order valence-corrected chi connectivity index (χ3v) is 11.1. The van der Waals surface area contributed by atoms with E-state index in [9.17, 15) is 0 Å². The van der Waals surface area contributed by atoms with E-state index in [0.29, 0.717) is 0 Å². The Balaban J connectivity index is 1.08. The molecule has 0 spiro atoms. The highest BCUT2D eigenvalue weighted by Gasteiger charge is 2.45. The summed E-state index contributed by atoms with van der Waals surface area (Å²) in [4.78, 5) is 2.36. The predicted octanol–water partition coefficient (Wildman–Crippen LogP) is 14.0. The van der Waals surface area contributed by atoms with Crippen molar-refractivity contribution in [2.24, 2.45) is 0 Å². The van der Waals surface area contributed by atoms with Crippen molar-refractivity contribution in [1.82, 2.24) is 0 Å². The Morgan fingerprint density at radius 1 is 0.278 bits per heavy atom. The van der Waals surface area contributed by atoms with Crippen LogP contribution in [0.1, 0.15) is 22.3 Å². The van der Waals surface area contributed by atoms with Gasteiger partial charge in [0.05, 0.1) is 5.41 Å². The highest BCUT2D eigenvalue weighted by molar-refractivity contribution is 5.90. The highest BCUT2D eigenvalue weighted by atomic mass is 15.1. The van der Waals surface area contributed by atoms with Crippen LogP contribution < -0.4 is 4.90 Å². The zero-order chi connectivity index (χ0) is 35.9. The van der Waals surface area contributed by atoms with E-state index in [1.54, 1.807) is 0 Å². The van der Waals surface area contributed by atoms with Gasteiger partial charge in [-0.1, -0.05) is 182 Å². The maximum Gasteiger partial charge on any atom is 0.0713 e. The lowest BCUT2D eigenvalue weighted by atomic mass is 9.67. The number of benzene rings is 9. The largest absolute Gasteiger partial charge is 0.310 e. The maximum absolute atomic E-state index is 2.41. The van der Waals surface area contributed by atoms with Crippen molar-refractivity contribution in [2.75, 3.05) is 4.90 Å². The fourth-order valence-electron chi connectivity index (χ4n) is 8.64. The highest BCUT2D eigenvalue weighted by Crippen LogP contribution is 2.56. The predicted molar refractivity (Wildman–Crippen MR) is 227 cm³/mol. The molecule has 0 amide bonds. The number of fused-ring (bicyclic) bond motifs is 4. The zero-order valence-electron chi connectivity index (χ0n) is 29.8. The topological polar surface area (TPSA) is 3.24 Å². The second kappa shape index (κ2) is 13.2. The molecule has 1 heteroatoms. The first-order chi connectivity index (χ1) is 26.8. The van der Waals surface area contributed by atoms with Gasteiger partial charge in [-0.25, -0.2) is 0 Å². The average Bonchev–Trinajstić information content (AvgIpc) is 3.56. The molecular weight excluding hydrogens is 651 g/mol. The minimum absolute atomic E-state index is 0.427. The van der Waals surface area contributed by atoms with E-state index in [-0.39, 0.29) is 0 Å². The van der Waals surface area contributed by atoms with Gasteiger partial charge < -0.3 is 4.90 Å². The summed E-state index contributed by atoms with van der Waals surface area (Å²) < 4.78 is 0. The molecule has 9 aromatic carbocycles. The van der Waals surface area contributed by atoms with Gasteiger partial charge in [0.15, 0.2) is 0 Å². The Kier molecular flexibility index (Phi) is 7.78. The van der Waals surface area contributed by atoms with Gasteiger partial charge in [-0.3, -0.25) is 0 Å². The summed E-state index contributed by atoms with van der Waals surface area (Å²) in [5.74, 6) is 0. The molecule has 0 atom stereocenters. The van der Waals surface area contributed by atoms with Gasteiger partial charge in [-0.2, -0.15) is 0 Å². The van der Waals surface area contributed by atoms with Crippen LogP contribution in [0.3, 0.4) is 0 Å². The van der Waals surface area contributed by atoms with Crippen LogP contribution in [-0.4, -0.2) is 0 Å². The summed E-state index contributed by atoms with van der Waals surface area (Å²) in [6.07, 6.45) is 0. The molecule has 10 rings (SSSR count). The van der Waals surface area contributed by atoms with Crippen LogP contribution in [0, 0.1) is 0 Å². The first-order valence-corrected chi connectivity index (χ1v) is 18.7. The van der Waals surface area contributed by atoms with Crippen molar-refractivity contribution < 1.29 is 0 Å². The standard InChI is InChI=1S/C53H37N/c1-3-14-38(15-4-1)40-26-31-46(32-27-40)54(48-35-30-39-16-7-8-17-43(39)37-48)47-33-28-41(29-34-47)42-18-13-21-45(36-42)53(44-19-5-2-6-20-44)51-24-11-9-22-49(51)50-23-10-12-25-52(50)53/h1-37H. The average molecular weight is 688 g/mol. The Bertz CT molecular complexity index is 2700. The SMILES string of the molecule is c1ccc(-c2ccc(N(c3ccc(-c4cccc(C5(c6ccccc6)c6ccccc6-c6ccccc65)c4)cc3)c3ccc4ccccc4c3)cc2)cc1. The van der Waals surface area contributed by atoms with Gasteiger partial charge in [0, 0.05) is 17.1 Å². The summed E-state index contributed by atoms with van der Waals surface area (Å²) in [7, 11) is 0. The van der Waals surface area contributed by atoms with Gasteiger partial charge >= 0.3 is 0 Å². The van der Waals surface area contributed by atoms with Crippen molar-refractivity contribution >= 4 is 27.8 Å². The summed E-state index contributed by atoms with van der Waals surface area (Å²) in [6, 6.07) is 81.9. The smallest absolute Gasteiger partial charge is 0.0713 e. The molecule has 1 aliphatic rings. The lowest BCUT2D eigenvalue weighted by molar-refractivity contribution is 0.769. The van der Waals surface area contributed by atoms with Crippen LogP contribution in [0.5, 0.6) is 0 Å². The first kappa shape index (κ1) is 31.7. The Labute approximate surface area is 317 Å². The summed E-state index contributed by atoms with van der Waals surface area (Å²) in [6.45, 7) is 0. The third-order valence-electron chi connectivity index (χ3n) is 11.1. The minimum Gasteiger partial charge on any atom is -0.310 e. The second-order valence-corrected chi connectivity index (χ2v) is 14.1. The van der Waals surface area contributed by atoms with Crippen LogP contribution in [0.15, 0.2) is 224 Å². The van der Waals surface area contributed by atoms with E-state index in [0.717, 1.165) is 17.1 Å². The summed E-state index contributed by atoms with van der Waals surface area (Å²) >= 11 is 0. The number of hydrogen-bond donors (Lipinski definition) is 0. The van der Waals surface area contributed by atoms with Crippen molar-refractivity contribution in [3.63, 3.8) is 0 Å². The number of anilines is 3. The van der Waals surface area contributed by atoms with Crippen LogP contribution in [0.4, 0.5) is 17.1 Å². The molecule has 0 saturated carbocycles. The molecule has 0 aromatic heterocycles. The molecule has 0 radical (unpaired) electrons. The molecule has 1 nitrogen and oxygen atoms in total. The summed E-state index contributed by atoms with van der Waals surface area (Å²) in [5.41, 5.74) is 15.5. The molecule has 1 aliphatic carbocycles. The number of nitrogens with zero attached hydrogens (tertiary/aromatic N) is 1. The Morgan fingerprint density at radius 3 is 1.39 bits per heavy atom. The monoisotopic (exact) mass is 687 g/mol. The van der Waals surface area contributed by atoms with Crippen molar-refractivity contribution in [2.45, 2.75) is 5.41 Å². The quantitative estimate of drug-likeness (QED) is 0.161. The molecule has 0 heterocycles. The van der Waals surface area contributed by atoms with Crippen LogP contribution in [0.2, 0.25) is 0 Å². The maximum atomic E-state index is 2.41. The lowest BCUT2D eigenvalue weighted by Gasteiger charge is -2.34. The molecular formula is C53H37N. The number of hydrogen-bond acceptors (Lipinski definition) is 1. The molecule has 0 aliphatic heterocycles. The van der Waals surface area contributed by atoms with Crippen LogP contribution in [0.25, 0.3) is 44.2 Å². The van der Waals surface area contributed by atoms with Crippen molar-refractivity contribution in [1.29, 1.82) is 0 Å². The van der Waals surface area contributed by atoms with Crippen LogP contribution >= 0.6 is 0 Å². The molecule has 54 heavy (non-hydrogen) atoms. The molecule has 254 valence electrons. The minimum atomic E-state index is -0.427. The third kappa shape index (κ3) is 5.25. The van der Waals surface area contributed by atoms with Gasteiger partial charge in [-0.05, 0) is 109 Å². The molecule has 0 unspecified atom stereocenters. The van der Waals surface area contributed by atoms with E-state index in [1.807, 2.05) is 0 Å². The van der Waals surface area contributed by atoms with Gasteiger partial charge in [-0.15, -0.1) is 0 Å². The second-order valence-electron chi connectivity index (χ2n) is 14.1. The fourth-order valence-corrected chi connectivity index (χ4v) is 8.64. The zero-order valence-corrected chi connectivity index (χ0v) is 29.8. The van der Waals surface area contributed by atoms with Crippen LogP contribution in [-0.2, 0) is 5.41 Å². The first-order valence-electron chi connectivity index (χ1n) is 18.7. The fraction of sp³-hybridized carbons (Fsp3) is 0.0189. The Morgan fingerprint density at radius 2 is 0.741 bits per heavy atom. The lowest BCUT2D eigenvalue weighted by Crippen LogP contribution is -2.28. The number of rotatable bonds is 7.